The smallest absolute Gasteiger partial charge is 0.406 e. The van der Waals surface area contributed by atoms with Crippen LogP contribution in [0.1, 0.15) is 16.1 Å². The van der Waals surface area contributed by atoms with Gasteiger partial charge in [-0.05, 0) is 12.1 Å². The Labute approximate surface area is 111 Å². The summed E-state index contributed by atoms with van der Waals surface area (Å²) in [7, 11) is 0. The van der Waals surface area contributed by atoms with Gasteiger partial charge in [0.15, 0.2) is 11.5 Å². The van der Waals surface area contributed by atoms with Crippen LogP contribution in [-0.2, 0) is 0 Å². The van der Waals surface area contributed by atoms with Gasteiger partial charge in [-0.25, -0.2) is 9.97 Å². The van der Waals surface area contributed by atoms with Gasteiger partial charge in [-0.15, -0.1) is 13.2 Å². The second-order valence-electron chi connectivity index (χ2n) is 3.69. The van der Waals surface area contributed by atoms with E-state index in [1.165, 1.54) is 24.5 Å². The molecule has 104 valence electrons. The first-order valence-corrected chi connectivity index (χ1v) is 5.34. The van der Waals surface area contributed by atoms with E-state index >= 15 is 0 Å². The molecule has 0 aliphatic carbocycles. The van der Waals surface area contributed by atoms with Crippen molar-refractivity contribution in [2.75, 3.05) is 5.73 Å². The van der Waals surface area contributed by atoms with Crippen LogP contribution < -0.4 is 10.5 Å². The molecule has 0 atom stereocenters. The molecule has 0 saturated carbocycles. The Kier molecular flexibility index (Phi) is 3.55. The average Bonchev–Trinajstić information content (AvgIpc) is 2.37. The summed E-state index contributed by atoms with van der Waals surface area (Å²) in [5.74, 6) is -1.23. The lowest BCUT2D eigenvalue weighted by Crippen LogP contribution is -2.17. The molecule has 5 nitrogen and oxygen atoms in total. The molecule has 20 heavy (non-hydrogen) atoms. The van der Waals surface area contributed by atoms with Gasteiger partial charge in [0.05, 0.1) is 0 Å². The number of alkyl halides is 3. The summed E-state index contributed by atoms with van der Waals surface area (Å²) in [5.41, 5.74) is 5.34. The first-order valence-electron chi connectivity index (χ1n) is 5.34. The van der Waals surface area contributed by atoms with Gasteiger partial charge in [-0.1, -0.05) is 12.1 Å². The third kappa shape index (κ3) is 3.22. The zero-order valence-corrected chi connectivity index (χ0v) is 9.89. The molecule has 2 N–H and O–H groups in total. The fourth-order valence-corrected chi connectivity index (χ4v) is 1.49. The summed E-state index contributed by atoms with van der Waals surface area (Å²) in [5, 5.41) is 0. The van der Waals surface area contributed by atoms with Crippen LogP contribution in [0.4, 0.5) is 19.0 Å². The number of carbonyl (C=O) groups excluding carboxylic acids is 1. The molecule has 0 fully saturated rings. The summed E-state index contributed by atoms with van der Waals surface area (Å²) in [6, 6.07) is 4.65. The number of benzene rings is 1. The van der Waals surface area contributed by atoms with E-state index in [1.807, 2.05) is 0 Å². The third-order valence-corrected chi connectivity index (χ3v) is 2.27. The Morgan fingerprint density at radius 1 is 1.20 bits per heavy atom. The fraction of sp³-hybridized carbons (Fsp3) is 0.0833. The van der Waals surface area contributed by atoms with Crippen LogP contribution in [0, 0.1) is 0 Å². The maximum absolute atomic E-state index is 12.1. The number of nitrogens with two attached hydrogens (primary N) is 1. The van der Waals surface area contributed by atoms with E-state index in [1.54, 1.807) is 0 Å². The molecule has 2 rings (SSSR count). The maximum Gasteiger partial charge on any atom is 0.573 e. The van der Waals surface area contributed by atoms with E-state index < -0.39 is 17.9 Å². The molecule has 1 aromatic carbocycles. The highest BCUT2D eigenvalue weighted by atomic mass is 19.4. The van der Waals surface area contributed by atoms with Crippen molar-refractivity contribution in [2.45, 2.75) is 6.36 Å². The minimum Gasteiger partial charge on any atom is -0.406 e. The lowest BCUT2D eigenvalue weighted by molar-refractivity contribution is -0.274. The SMILES string of the molecule is Nc1nccnc1C(=O)c1cccc(OC(F)(F)F)c1. The number of ether oxygens (including phenoxy) is 1. The quantitative estimate of drug-likeness (QED) is 0.873. The average molecular weight is 283 g/mol. The van der Waals surface area contributed by atoms with E-state index in [9.17, 15) is 18.0 Å². The van der Waals surface area contributed by atoms with Crippen LogP contribution in [-0.4, -0.2) is 22.1 Å². The Hall–Kier alpha value is -2.64. The van der Waals surface area contributed by atoms with Gasteiger partial charge in [-0.3, -0.25) is 4.79 Å². The predicted molar refractivity (Wildman–Crippen MR) is 63.0 cm³/mol. The second kappa shape index (κ2) is 5.16. The van der Waals surface area contributed by atoms with Crippen molar-refractivity contribution >= 4 is 11.6 Å². The molecule has 0 amide bonds. The van der Waals surface area contributed by atoms with E-state index in [0.29, 0.717) is 0 Å². The third-order valence-electron chi connectivity index (χ3n) is 2.27. The maximum atomic E-state index is 12.1. The summed E-state index contributed by atoms with van der Waals surface area (Å²) >= 11 is 0. The van der Waals surface area contributed by atoms with Gasteiger partial charge in [0.1, 0.15) is 5.75 Å². The van der Waals surface area contributed by atoms with Crippen LogP contribution >= 0.6 is 0 Å². The predicted octanol–water partition coefficient (Wildman–Crippen LogP) is 2.19. The molecule has 0 aliphatic heterocycles. The molecule has 1 aromatic heterocycles. The Morgan fingerprint density at radius 2 is 1.90 bits per heavy atom. The lowest BCUT2D eigenvalue weighted by Gasteiger charge is -2.09. The van der Waals surface area contributed by atoms with Gasteiger partial charge in [0.25, 0.3) is 0 Å². The number of carbonyl (C=O) groups is 1. The largest absolute Gasteiger partial charge is 0.573 e. The zero-order chi connectivity index (χ0) is 14.8. The van der Waals surface area contributed by atoms with Crippen LogP contribution in [0.15, 0.2) is 36.7 Å². The molecular formula is C12H8F3N3O2. The molecule has 1 heterocycles. The molecule has 2 aromatic rings. The standard InChI is InChI=1S/C12H8F3N3O2/c13-12(14,15)20-8-3-1-2-7(6-8)10(19)9-11(16)18-5-4-17-9/h1-6H,(H2,16,18). The van der Waals surface area contributed by atoms with E-state index in [-0.39, 0.29) is 17.1 Å². The summed E-state index contributed by atoms with van der Waals surface area (Å²) in [6.07, 6.45) is -2.26. The van der Waals surface area contributed by atoms with E-state index in [4.69, 9.17) is 5.73 Å². The fourth-order valence-electron chi connectivity index (χ4n) is 1.49. The Morgan fingerprint density at radius 3 is 2.55 bits per heavy atom. The molecule has 0 bridgehead atoms. The highest BCUT2D eigenvalue weighted by Gasteiger charge is 2.31. The minimum absolute atomic E-state index is 0.0288. The van der Waals surface area contributed by atoms with E-state index in [2.05, 4.69) is 14.7 Å². The molecular weight excluding hydrogens is 275 g/mol. The van der Waals surface area contributed by atoms with Crippen molar-refractivity contribution in [2.24, 2.45) is 0 Å². The van der Waals surface area contributed by atoms with Crippen LogP contribution in [0.25, 0.3) is 0 Å². The number of ketones is 1. The highest BCUT2D eigenvalue weighted by molar-refractivity contribution is 6.10. The van der Waals surface area contributed by atoms with Gasteiger partial charge >= 0.3 is 6.36 Å². The van der Waals surface area contributed by atoms with Crippen LogP contribution in [0.5, 0.6) is 5.75 Å². The van der Waals surface area contributed by atoms with Gasteiger partial charge in [0.2, 0.25) is 5.78 Å². The number of hydrogen-bond acceptors (Lipinski definition) is 5. The van der Waals surface area contributed by atoms with Crippen molar-refractivity contribution in [3.8, 4) is 5.75 Å². The number of halogens is 3. The van der Waals surface area contributed by atoms with Crippen molar-refractivity contribution in [3.05, 3.63) is 47.9 Å². The zero-order valence-electron chi connectivity index (χ0n) is 9.89. The van der Waals surface area contributed by atoms with Gasteiger partial charge in [0, 0.05) is 18.0 Å². The van der Waals surface area contributed by atoms with Crippen molar-refractivity contribution in [1.82, 2.24) is 9.97 Å². The van der Waals surface area contributed by atoms with Crippen LogP contribution in [0.3, 0.4) is 0 Å². The van der Waals surface area contributed by atoms with Crippen molar-refractivity contribution < 1.29 is 22.7 Å². The number of hydrogen-bond donors (Lipinski definition) is 1. The van der Waals surface area contributed by atoms with E-state index in [0.717, 1.165) is 12.1 Å². The monoisotopic (exact) mass is 283 g/mol. The molecule has 0 saturated heterocycles. The lowest BCUT2D eigenvalue weighted by atomic mass is 10.1. The second-order valence-corrected chi connectivity index (χ2v) is 3.69. The topological polar surface area (TPSA) is 78.1 Å². The molecule has 0 aliphatic rings. The number of anilines is 1. The summed E-state index contributed by atoms with van der Waals surface area (Å²) in [6.45, 7) is 0. The molecule has 0 radical (unpaired) electrons. The summed E-state index contributed by atoms with van der Waals surface area (Å²) < 4.78 is 40.1. The first kappa shape index (κ1) is 13.8. The Bertz CT molecular complexity index is 644. The van der Waals surface area contributed by atoms with Crippen molar-refractivity contribution in [3.63, 3.8) is 0 Å². The number of rotatable bonds is 3. The van der Waals surface area contributed by atoms with Gasteiger partial charge < -0.3 is 10.5 Å². The number of nitrogen functional groups attached to an aromatic ring is 1. The van der Waals surface area contributed by atoms with Crippen LogP contribution in [0.2, 0.25) is 0 Å². The molecule has 8 heteroatoms. The first-order chi connectivity index (χ1) is 9.37. The molecule has 0 spiro atoms. The number of nitrogens with zero attached hydrogens (tertiary/aromatic N) is 2. The van der Waals surface area contributed by atoms with Crippen molar-refractivity contribution in [1.29, 1.82) is 0 Å². The number of aromatic nitrogens is 2. The highest BCUT2D eigenvalue weighted by Crippen LogP contribution is 2.24. The minimum atomic E-state index is -4.83. The summed E-state index contributed by atoms with van der Waals surface area (Å²) in [4.78, 5) is 19.5. The Balaban J connectivity index is 2.32. The normalized spacial score (nSPS) is 11.2. The molecule has 0 unspecified atom stereocenters. The van der Waals surface area contributed by atoms with Gasteiger partial charge in [-0.2, -0.15) is 0 Å².